The largest absolute Gasteiger partial charge is 0.383 e. The Labute approximate surface area is 126 Å². The Bertz CT molecular complexity index is 540. The van der Waals surface area contributed by atoms with Crippen LogP contribution < -0.4 is 10.6 Å². The molecule has 1 atom stereocenters. The van der Waals surface area contributed by atoms with E-state index >= 15 is 0 Å². The average Bonchev–Trinajstić information content (AvgIpc) is 2.45. The molecule has 1 aromatic rings. The van der Waals surface area contributed by atoms with Crippen molar-refractivity contribution in [3.63, 3.8) is 0 Å². The van der Waals surface area contributed by atoms with Crippen molar-refractivity contribution >= 4 is 29.0 Å². The number of nitrogens with zero attached hydrogens (tertiary/aromatic N) is 1. The van der Waals surface area contributed by atoms with Crippen molar-refractivity contribution < 1.29 is 14.1 Å². The van der Waals surface area contributed by atoms with Gasteiger partial charge in [-0.15, -0.1) is 0 Å². The first-order chi connectivity index (χ1) is 9.90. The zero-order chi connectivity index (χ0) is 16.0. The third-order valence-corrected chi connectivity index (χ3v) is 3.82. The normalized spacial score (nSPS) is 11.8. The molecule has 2 N–H and O–H groups in total. The molecule has 8 heteroatoms. The van der Waals surface area contributed by atoms with Crippen molar-refractivity contribution in [3.05, 3.63) is 33.6 Å². The molecule has 116 valence electrons. The second-order valence-corrected chi connectivity index (χ2v) is 5.67. The first-order valence-electron chi connectivity index (χ1n) is 6.43. The van der Waals surface area contributed by atoms with Gasteiger partial charge in [-0.3, -0.25) is 14.9 Å². The van der Waals surface area contributed by atoms with Crippen LogP contribution in [0.5, 0.6) is 0 Å². The monoisotopic (exact) mass is 315 g/mol. The Morgan fingerprint density at radius 1 is 1.52 bits per heavy atom. The van der Waals surface area contributed by atoms with Gasteiger partial charge in [0.15, 0.2) is 5.82 Å². The number of halogens is 1. The van der Waals surface area contributed by atoms with E-state index in [0.29, 0.717) is 13.1 Å². The molecule has 21 heavy (non-hydrogen) atoms. The molecule has 0 heterocycles. The Hall–Kier alpha value is -1.83. The van der Waals surface area contributed by atoms with E-state index in [1.54, 1.807) is 18.7 Å². The summed E-state index contributed by atoms with van der Waals surface area (Å²) >= 11 is 1.57. The molecular weight excluding hydrogens is 297 g/mol. The highest BCUT2D eigenvalue weighted by Crippen LogP contribution is 2.26. The number of nitrogens with one attached hydrogen (secondary N) is 2. The predicted octanol–water partition coefficient (Wildman–Crippen LogP) is 2.65. The molecule has 6 nitrogen and oxygen atoms in total. The minimum Gasteiger partial charge on any atom is -0.383 e. The number of nitro groups is 1. The van der Waals surface area contributed by atoms with E-state index in [1.807, 2.05) is 13.2 Å². The smallest absolute Gasteiger partial charge is 0.285 e. The van der Waals surface area contributed by atoms with Crippen molar-refractivity contribution in [3.8, 4) is 0 Å². The van der Waals surface area contributed by atoms with Gasteiger partial charge < -0.3 is 10.6 Å². The van der Waals surface area contributed by atoms with E-state index < -0.39 is 22.3 Å². The van der Waals surface area contributed by atoms with Gasteiger partial charge in [-0.2, -0.15) is 11.8 Å². The minimum absolute atomic E-state index is 0.0752. The molecule has 0 saturated carbocycles. The van der Waals surface area contributed by atoms with Crippen molar-refractivity contribution in [1.29, 1.82) is 0 Å². The molecule has 1 aromatic carbocycles. The number of carbonyl (C=O) groups is 1. The number of hydrogen-bond acceptors (Lipinski definition) is 5. The van der Waals surface area contributed by atoms with Crippen LogP contribution in [0, 0.1) is 15.9 Å². The fourth-order valence-electron chi connectivity index (χ4n) is 1.64. The summed E-state index contributed by atoms with van der Waals surface area (Å²) in [4.78, 5) is 22.3. The Morgan fingerprint density at radius 3 is 2.71 bits per heavy atom. The maximum absolute atomic E-state index is 13.7. The summed E-state index contributed by atoms with van der Waals surface area (Å²) in [6.45, 7) is 4.51. The van der Waals surface area contributed by atoms with Crippen molar-refractivity contribution in [2.24, 2.45) is 0 Å². The van der Waals surface area contributed by atoms with Crippen molar-refractivity contribution in [1.82, 2.24) is 5.32 Å². The van der Waals surface area contributed by atoms with Gasteiger partial charge in [-0.1, -0.05) is 6.92 Å². The van der Waals surface area contributed by atoms with Crippen LogP contribution in [0.3, 0.4) is 0 Å². The molecule has 0 aliphatic heterocycles. The SMILES string of the molecule is CCNc1cc(C(=O)NCC(C)SC)c([N+](=O)[O-])cc1F. The lowest BCUT2D eigenvalue weighted by Crippen LogP contribution is -2.30. The number of anilines is 1. The molecule has 1 rings (SSSR count). The quantitative estimate of drug-likeness (QED) is 0.597. The molecule has 0 aliphatic carbocycles. The van der Waals surface area contributed by atoms with Gasteiger partial charge in [-0.05, 0) is 19.2 Å². The van der Waals surface area contributed by atoms with E-state index in [2.05, 4.69) is 10.6 Å². The number of nitro benzene ring substituents is 1. The van der Waals surface area contributed by atoms with E-state index in [1.165, 1.54) is 6.07 Å². The standard InChI is InChI=1S/C13H18FN3O3S/c1-4-15-11-5-9(12(17(19)20)6-10(11)14)13(18)16-7-8(2)21-3/h5-6,8,15H,4,7H2,1-3H3,(H,16,18). The van der Waals surface area contributed by atoms with Gasteiger partial charge in [-0.25, -0.2) is 4.39 Å². The predicted molar refractivity (Wildman–Crippen MR) is 82.5 cm³/mol. The van der Waals surface area contributed by atoms with Crippen LogP contribution in [0.15, 0.2) is 12.1 Å². The lowest BCUT2D eigenvalue weighted by Gasteiger charge is -2.12. The van der Waals surface area contributed by atoms with Crippen LogP contribution in [-0.2, 0) is 0 Å². The molecule has 0 radical (unpaired) electrons. The van der Waals surface area contributed by atoms with Gasteiger partial charge >= 0.3 is 0 Å². The molecule has 1 unspecified atom stereocenters. The maximum atomic E-state index is 13.7. The topological polar surface area (TPSA) is 84.3 Å². The summed E-state index contributed by atoms with van der Waals surface area (Å²) in [5.74, 6) is -1.33. The van der Waals surface area contributed by atoms with Gasteiger partial charge in [0.1, 0.15) is 5.56 Å². The first kappa shape index (κ1) is 17.2. The molecule has 0 aromatic heterocycles. The molecular formula is C13H18FN3O3S. The van der Waals surface area contributed by atoms with Gasteiger partial charge in [0.2, 0.25) is 0 Å². The van der Waals surface area contributed by atoms with Gasteiger partial charge in [0.05, 0.1) is 16.7 Å². The van der Waals surface area contributed by atoms with Crippen LogP contribution in [0.4, 0.5) is 15.8 Å². The zero-order valence-corrected chi connectivity index (χ0v) is 12.9. The minimum atomic E-state index is -0.758. The Kier molecular flexibility index (Phi) is 6.41. The zero-order valence-electron chi connectivity index (χ0n) is 12.1. The summed E-state index contributed by atoms with van der Waals surface area (Å²) in [5.41, 5.74) is -0.611. The van der Waals surface area contributed by atoms with Crippen LogP contribution in [-0.4, -0.2) is 35.4 Å². The van der Waals surface area contributed by atoms with Gasteiger partial charge in [0.25, 0.3) is 11.6 Å². The number of amides is 1. The molecule has 0 saturated heterocycles. The number of hydrogen-bond donors (Lipinski definition) is 2. The summed E-state index contributed by atoms with van der Waals surface area (Å²) in [6.07, 6.45) is 1.90. The average molecular weight is 315 g/mol. The van der Waals surface area contributed by atoms with E-state index in [0.717, 1.165) is 6.07 Å². The summed E-state index contributed by atoms with van der Waals surface area (Å²) in [7, 11) is 0. The Balaban J connectivity index is 3.09. The number of carbonyl (C=O) groups excluding carboxylic acids is 1. The molecule has 0 spiro atoms. The molecule has 0 fully saturated rings. The second kappa shape index (κ2) is 7.82. The fraction of sp³-hybridized carbons (Fsp3) is 0.462. The fourth-order valence-corrected chi connectivity index (χ4v) is 1.89. The van der Waals surface area contributed by atoms with E-state index in [4.69, 9.17) is 0 Å². The highest BCUT2D eigenvalue weighted by atomic mass is 32.2. The van der Waals surface area contributed by atoms with E-state index in [9.17, 15) is 19.3 Å². The molecule has 1 amide bonds. The number of benzene rings is 1. The highest BCUT2D eigenvalue weighted by Gasteiger charge is 2.23. The first-order valence-corrected chi connectivity index (χ1v) is 7.72. The van der Waals surface area contributed by atoms with Crippen LogP contribution in [0.1, 0.15) is 24.2 Å². The molecule has 0 aliphatic rings. The Morgan fingerprint density at radius 2 is 2.19 bits per heavy atom. The van der Waals surface area contributed by atoms with E-state index in [-0.39, 0.29) is 16.5 Å². The lowest BCUT2D eigenvalue weighted by molar-refractivity contribution is -0.385. The van der Waals surface area contributed by atoms with Gasteiger partial charge in [0, 0.05) is 18.3 Å². The molecule has 0 bridgehead atoms. The number of thioether (sulfide) groups is 1. The lowest BCUT2D eigenvalue weighted by atomic mass is 10.1. The summed E-state index contributed by atoms with van der Waals surface area (Å²) in [5, 5.41) is 16.5. The number of rotatable bonds is 7. The third kappa shape index (κ3) is 4.59. The third-order valence-electron chi connectivity index (χ3n) is 2.85. The second-order valence-electron chi connectivity index (χ2n) is 4.39. The summed E-state index contributed by atoms with van der Waals surface area (Å²) in [6, 6.07) is 1.95. The van der Waals surface area contributed by atoms with Crippen molar-refractivity contribution in [2.45, 2.75) is 19.1 Å². The van der Waals surface area contributed by atoms with Crippen LogP contribution in [0.2, 0.25) is 0 Å². The van der Waals surface area contributed by atoms with Crippen LogP contribution >= 0.6 is 11.8 Å². The maximum Gasteiger partial charge on any atom is 0.285 e. The summed E-state index contributed by atoms with van der Waals surface area (Å²) < 4.78 is 13.7. The van der Waals surface area contributed by atoms with Crippen molar-refractivity contribution in [2.75, 3.05) is 24.7 Å². The highest BCUT2D eigenvalue weighted by molar-refractivity contribution is 7.99. The van der Waals surface area contributed by atoms with Crippen LogP contribution in [0.25, 0.3) is 0 Å².